The minimum absolute atomic E-state index is 0.0833. The van der Waals surface area contributed by atoms with Crippen molar-refractivity contribution in [3.8, 4) is 0 Å². The topological polar surface area (TPSA) is 35.2 Å². The molecule has 0 aromatic carbocycles. The Labute approximate surface area is 86.5 Å². The number of methoxy groups -OCH3 is 1. The van der Waals surface area contributed by atoms with E-state index < -0.39 is 0 Å². The molecule has 2 rings (SSSR count). The molecule has 2 saturated carbocycles. The van der Waals surface area contributed by atoms with E-state index >= 15 is 0 Å². The second kappa shape index (κ2) is 4.45. The number of hydrogen-bond acceptors (Lipinski definition) is 2. The van der Waals surface area contributed by atoms with E-state index in [1.165, 1.54) is 25.7 Å². The van der Waals surface area contributed by atoms with Gasteiger partial charge in [-0.3, -0.25) is 0 Å². The molecule has 0 radical (unpaired) electrons. The van der Waals surface area contributed by atoms with Crippen molar-refractivity contribution in [1.29, 1.82) is 0 Å². The minimum atomic E-state index is 0.0833. The minimum Gasteiger partial charge on any atom is -0.383 e. The molecule has 2 aliphatic rings. The molecule has 2 heteroatoms. The maximum atomic E-state index is 5.86. The molecule has 1 atom stereocenters. The van der Waals surface area contributed by atoms with E-state index in [1.807, 2.05) is 0 Å². The Morgan fingerprint density at radius 2 is 1.79 bits per heavy atom. The Kier molecular flexibility index (Phi) is 3.24. The predicted molar refractivity (Wildman–Crippen MR) is 57.9 cm³/mol. The van der Waals surface area contributed by atoms with Gasteiger partial charge in [0.2, 0.25) is 0 Å². The SMILES string of the molecule is COCC(N)C=CC(C1CC1)C1CC1. The molecule has 14 heavy (non-hydrogen) atoms. The summed E-state index contributed by atoms with van der Waals surface area (Å²) in [5.74, 6) is 2.79. The van der Waals surface area contributed by atoms with E-state index in [0.717, 1.165) is 17.8 Å². The Morgan fingerprint density at radius 1 is 1.21 bits per heavy atom. The fraction of sp³-hybridized carbons (Fsp3) is 0.833. The van der Waals surface area contributed by atoms with E-state index in [4.69, 9.17) is 10.5 Å². The number of nitrogens with two attached hydrogens (primary N) is 1. The van der Waals surface area contributed by atoms with Gasteiger partial charge in [0, 0.05) is 13.2 Å². The summed E-state index contributed by atoms with van der Waals surface area (Å²) in [5.41, 5.74) is 5.86. The van der Waals surface area contributed by atoms with Crippen LogP contribution < -0.4 is 5.73 Å². The van der Waals surface area contributed by atoms with Gasteiger partial charge in [-0.25, -0.2) is 0 Å². The molecule has 2 N–H and O–H groups in total. The summed E-state index contributed by atoms with van der Waals surface area (Å²) in [5, 5.41) is 0. The van der Waals surface area contributed by atoms with Crippen molar-refractivity contribution in [1.82, 2.24) is 0 Å². The van der Waals surface area contributed by atoms with Crippen LogP contribution in [0, 0.1) is 17.8 Å². The highest BCUT2D eigenvalue weighted by Crippen LogP contribution is 2.49. The average molecular weight is 195 g/mol. The van der Waals surface area contributed by atoms with E-state index in [-0.39, 0.29) is 6.04 Å². The second-order valence-electron chi connectivity index (χ2n) is 4.76. The molecule has 2 nitrogen and oxygen atoms in total. The van der Waals surface area contributed by atoms with Crippen LogP contribution in [0.1, 0.15) is 25.7 Å². The molecule has 80 valence electrons. The average Bonchev–Trinajstić information content (AvgIpc) is 3.01. The summed E-state index contributed by atoms with van der Waals surface area (Å²) >= 11 is 0. The van der Waals surface area contributed by atoms with Crippen LogP contribution in [0.4, 0.5) is 0 Å². The highest BCUT2D eigenvalue weighted by atomic mass is 16.5. The molecular formula is C12H21NO. The summed E-state index contributed by atoms with van der Waals surface area (Å²) in [4.78, 5) is 0. The molecule has 0 bridgehead atoms. The fourth-order valence-electron chi connectivity index (χ4n) is 2.18. The van der Waals surface area contributed by atoms with Crippen molar-refractivity contribution >= 4 is 0 Å². The lowest BCUT2D eigenvalue weighted by atomic mass is 9.97. The zero-order chi connectivity index (χ0) is 9.97. The summed E-state index contributed by atoms with van der Waals surface area (Å²) in [6.45, 7) is 0.637. The molecular weight excluding hydrogens is 174 g/mol. The number of allylic oxidation sites excluding steroid dienone is 1. The van der Waals surface area contributed by atoms with Gasteiger partial charge in [-0.1, -0.05) is 12.2 Å². The molecule has 2 fully saturated rings. The standard InChI is InChI=1S/C12H21NO/c1-14-8-11(13)6-7-12(9-2-3-9)10-4-5-10/h6-7,9-12H,2-5,8,13H2,1H3. The van der Waals surface area contributed by atoms with Gasteiger partial charge >= 0.3 is 0 Å². The summed E-state index contributed by atoms with van der Waals surface area (Å²) in [6, 6.07) is 0.0833. The Bertz CT molecular complexity index is 194. The van der Waals surface area contributed by atoms with Crippen LogP contribution in [0.2, 0.25) is 0 Å². The Hall–Kier alpha value is -0.340. The lowest BCUT2D eigenvalue weighted by molar-refractivity contribution is 0.192. The van der Waals surface area contributed by atoms with Gasteiger partial charge in [-0.15, -0.1) is 0 Å². The monoisotopic (exact) mass is 195 g/mol. The van der Waals surface area contributed by atoms with Crippen molar-refractivity contribution in [3.63, 3.8) is 0 Å². The highest BCUT2D eigenvalue weighted by molar-refractivity contribution is 5.05. The smallest absolute Gasteiger partial charge is 0.0649 e. The van der Waals surface area contributed by atoms with Gasteiger partial charge in [0.1, 0.15) is 0 Å². The zero-order valence-corrected chi connectivity index (χ0v) is 8.99. The molecule has 0 aromatic rings. The molecule has 0 saturated heterocycles. The summed E-state index contributed by atoms with van der Waals surface area (Å²) in [6.07, 6.45) is 10.2. The first-order valence-electron chi connectivity index (χ1n) is 5.74. The van der Waals surface area contributed by atoms with Crippen LogP contribution >= 0.6 is 0 Å². The van der Waals surface area contributed by atoms with Gasteiger partial charge in [0.15, 0.2) is 0 Å². The van der Waals surface area contributed by atoms with Crippen LogP contribution in [0.25, 0.3) is 0 Å². The van der Waals surface area contributed by atoms with E-state index in [9.17, 15) is 0 Å². The third-order valence-corrected chi connectivity index (χ3v) is 3.27. The van der Waals surface area contributed by atoms with E-state index in [1.54, 1.807) is 7.11 Å². The summed E-state index contributed by atoms with van der Waals surface area (Å²) in [7, 11) is 1.70. The molecule has 1 unspecified atom stereocenters. The largest absolute Gasteiger partial charge is 0.383 e. The fourth-order valence-corrected chi connectivity index (χ4v) is 2.18. The third-order valence-electron chi connectivity index (χ3n) is 3.27. The third kappa shape index (κ3) is 2.82. The van der Waals surface area contributed by atoms with Gasteiger partial charge in [-0.2, -0.15) is 0 Å². The number of hydrogen-bond donors (Lipinski definition) is 1. The van der Waals surface area contributed by atoms with Crippen LogP contribution in [-0.2, 0) is 4.74 Å². The number of rotatable bonds is 6. The maximum Gasteiger partial charge on any atom is 0.0649 e. The molecule has 0 aliphatic heterocycles. The van der Waals surface area contributed by atoms with Crippen LogP contribution in [0.3, 0.4) is 0 Å². The quantitative estimate of drug-likeness (QED) is 0.657. The van der Waals surface area contributed by atoms with Gasteiger partial charge < -0.3 is 10.5 Å². The molecule has 0 heterocycles. The van der Waals surface area contributed by atoms with Crippen molar-refractivity contribution in [2.75, 3.05) is 13.7 Å². The van der Waals surface area contributed by atoms with Crippen LogP contribution in [0.5, 0.6) is 0 Å². The normalized spacial score (nSPS) is 24.8. The predicted octanol–water partition coefficient (Wildman–Crippen LogP) is 1.95. The van der Waals surface area contributed by atoms with E-state index in [2.05, 4.69) is 12.2 Å². The van der Waals surface area contributed by atoms with Gasteiger partial charge in [0.05, 0.1) is 6.61 Å². The molecule has 2 aliphatic carbocycles. The first kappa shape index (κ1) is 10.2. The second-order valence-corrected chi connectivity index (χ2v) is 4.76. The first-order valence-corrected chi connectivity index (χ1v) is 5.74. The Balaban J connectivity index is 1.79. The highest BCUT2D eigenvalue weighted by Gasteiger charge is 2.39. The van der Waals surface area contributed by atoms with E-state index in [0.29, 0.717) is 6.61 Å². The summed E-state index contributed by atoms with van der Waals surface area (Å²) < 4.78 is 5.01. The van der Waals surface area contributed by atoms with Crippen molar-refractivity contribution in [2.45, 2.75) is 31.7 Å². The van der Waals surface area contributed by atoms with Crippen LogP contribution in [0.15, 0.2) is 12.2 Å². The zero-order valence-electron chi connectivity index (χ0n) is 8.99. The molecule has 0 amide bonds. The molecule has 0 spiro atoms. The molecule has 0 aromatic heterocycles. The lowest BCUT2D eigenvalue weighted by Crippen LogP contribution is -2.23. The van der Waals surface area contributed by atoms with Gasteiger partial charge in [-0.05, 0) is 43.4 Å². The lowest BCUT2D eigenvalue weighted by Gasteiger charge is -2.11. The first-order chi connectivity index (χ1) is 6.81. The van der Waals surface area contributed by atoms with Crippen LogP contribution in [-0.4, -0.2) is 19.8 Å². The maximum absolute atomic E-state index is 5.86. The van der Waals surface area contributed by atoms with Crippen molar-refractivity contribution in [2.24, 2.45) is 23.5 Å². The Morgan fingerprint density at radius 3 is 2.21 bits per heavy atom. The number of ether oxygens (including phenoxy) is 1. The van der Waals surface area contributed by atoms with Gasteiger partial charge in [0.25, 0.3) is 0 Å². The van der Waals surface area contributed by atoms with Crippen molar-refractivity contribution < 1.29 is 4.74 Å². The van der Waals surface area contributed by atoms with Crippen molar-refractivity contribution in [3.05, 3.63) is 12.2 Å².